The second-order valence-corrected chi connectivity index (χ2v) is 9.84. The van der Waals surface area contributed by atoms with Gasteiger partial charge >= 0.3 is 5.97 Å². The molecule has 5 rings (SSSR count). The summed E-state index contributed by atoms with van der Waals surface area (Å²) in [5.41, 5.74) is 5.34. The predicted octanol–water partition coefficient (Wildman–Crippen LogP) is 5.30. The Kier molecular flexibility index (Phi) is 7.27. The molecule has 1 saturated carbocycles. The van der Waals surface area contributed by atoms with Gasteiger partial charge in [-0.15, -0.1) is 0 Å². The van der Waals surface area contributed by atoms with Crippen LogP contribution in [0.3, 0.4) is 0 Å². The van der Waals surface area contributed by atoms with Gasteiger partial charge in [-0.05, 0) is 48.2 Å². The van der Waals surface area contributed by atoms with Gasteiger partial charge in [0.05, 0.1) is 45.3 Å². The number of nitrogens with zero attached hydrogens (tertiary/aromatic N) is 4. The minimum Gasteiger partial charge on any atom is -0.493 e. The first-order chi connectivity index (χ1) is 18.0. The minimum absolute atomic E-state index is 0.214. The molecule has 2 heterocycles. The third-order valence-electron chi connectivity index (χ3n) is 7.03. The van der Waals surface area contributed by atoms with Crippen molar-refractivity contribution in [1.29, 1.82) is 0 Å². The maximum atomic E-state index is 12.7. The molecule has 0 saturated heterocycles. The molecular weight excluding hydrogens is 492 g/mol. The first-order valence-corrected chi connectivity index (χ1v) is 13.1. The summed E-state index contributed by atoms with van der Waals surface area (Å²) in [6.07, 6.45) is 5.96. The number of hydrogen-bond acceptors (Lipinski definition) is 8. The Morgan fingerprint density at radius 1 is 0.973 bits per heavy atom. The van der Waals surface area contributed by atoms with Crippen LogP contribution in [-0.2, 0) is 13.0 Å². The number of rotatable bonds is 9. The predicted molar refractivity (Wildman–Crippen MR) is 140 cm³/mol. The molecule has 0 spiro atoms. The maximum Gasteiger partial charge on any atom is 0.354 e. The molecule has 0 radical (unpaired) electrons. The van der Waals surface area contributed by atoms with Crippen molar-refractivity contribution in [1.82, 2.24) is 18.5 Å². The Morgan fingerprint density at radius 2 is 1.68 bits per heavy atom. The summed E-state index contributed by atoms with van der Waals surface area (Å²) >= 11 is 1.18. The van der Waals surface area contributed by atoms with Crippen molar-refractivity contribution in [3.8, 4) is 17.2 Å². The van der Waals surface area contributed by atoms with E-state index in [9.17, 15) is 9.90 Å². The largest absolute Gasteiger partial charge is 0.493 e. The molecular formula is C27H30N4O5S. The number of carboxylic acids is 1. The number of aromatic carboxylic acids is 1. The Labute approximate surface area is 219 Å². The summed E-state index contributed by atoms with van der Waals surface area (Å²) in [4.78, 5) is 12.7. The van der Waals surface area contributed by atoms with Crippen molar-refractivity contribution >= 4 is 28.7 Å². The number of aromatic nitrogens is 4. The lowest BCUT2D eigenvalue weighted by molar-refractivity contribution is 0.0683. The molecule has 4 aromatic rings. The van der Waals surface area contributed by atoms with Gasteiger partial charge in [0.1, 0.15) is 16.7 Å². The van der Waals surface area contributed by atoms with Gasteiger partial charge in [-0.1, -0.05) is 25.3 Å². The summed E-state index contributed by atoms with van der Waals surface area (Å²) in [7, 11) is 4.68. The Balaban J connectivity index is 1.60. The SMILES string of the molecule is COc1cc(Cn2nc(C3CCCCC3)c(Cc3ccc4nsnc4c3)c2C(=O)O)cc(OC)c1OC. The highest BCUT2D eigenvalue weighted by Gasteiger charge is 2.29. The molecule has 0 amide bonds. The number of carboxylic acid groups (broad SMARTS) is 1. The Hall–Kier alpha value is -3.66. The van der Waals surface area contributed by atoms with E-state index in [2.05, 4.69) is 8.75 Å². The van der Waals surface area contributed by atoms with Crippen LogP contribution in [0.25, 0.3) is 11.0 Å². The van der Waals surface area contributed by atoms with E-state index in [1.807, 2.05) is 30.3 Å². The smallest absolute Gasteiger partial charge is 0.354 e. The second kappa shape index (κ2) is 10.8. The molecule has 37 heavy (non-hydrogen) atoms. The average Bonchev–Trinajstić information content (AvgIpc) is 3.52. The quantitative estimate of drug-likeness (QED) is 0.316. The highest BCUT2D eigenvalue weighted by Crippen LogP contribution is 2.39. The number of carbonyl (C=O) groups is 1. The van der Waals surface area contributed by atoms with Crippen LogP contribution in [0, 0.1) is 0 Å². The summed E-state index contributed by atoms with van der Waals surface area (Å²) < 4.78 is 26.7. The van der Waals surface area contributed by atoms with Gasteiger partial charge in [-0.3, -0.25) is 4.68 Å². The summed E-state index contributed by atoms with van der Waals surface area (Å²) in [6.45, 7) is 0.257. The van der Waals surface area contributed by atoms with Crippen LogP contribution in [0.15, 0.2) is 30.3 Å². The van der Waals surface area contributed by atoms with Gasteiger partial charge < -0.3 is 19.3 Å². The summed E-state index contributed by atoms with van der Waals surface area (Å²) in [6, 6.07) is 9.59. The molecule has 0 aliphatic heterocycles. The van der Waals surface area contributed by atoms with Crippen molar-refractivity contribution in [3.05, 3.63) is 58.4 Å². The molecule has 10 heteroatoms. The number of ether oxygens (including phenoxy) is 3. The van der Waals surface area contributed by atoms with E-state index >= 15 is 0 Å². The molecule has 194 valence electrons. The van der Waals surface area contributed by atoms with Crippen LogP contribution in [0.5, 0.6) is 17.2 Å². The van der Waals surface area contributed by atoms with Gasteiger partial charge in [-0.2, -0.15) is 13.8 Å². The highest BCUT2D eigenvalue weighted by atomic mass is 32.1. The standard InChI is InChI=1S/C27H30N4O5S/c1-34-22-13-17(14-23(35-2)26(22)36-3)15-31-25(27(32)33)19(24(28-31)18-7-5-4-6-8-18)11-16-9-10-20-21(12-16)30-37-29-20/h9-10,12-14,18H,4-8,11,15H2,1-3H3,(H,32,33). The van der Waals surface area contributed by atoms with Crippen LogP contribution in [0.1, 0.15) is 70.9 Å². The van der Waals surface area contributed by atoms with Crippen LogP contribution in [0.4, 0.5) is 0 Å². The lowest BCUT2D eigenvalue weighted by Crippen LogP contribution is -2.13. The molecule has 9 nitrogen and oxygen atoms in total. The maximum absolute atomic E-state index is 12.7. The van der Waals surface area contributed by atoms with E-state index in [4.69, 9.17) is 19.3 Å². The highest BCUT2D eigenvalue weighted by molar-refractivity contribution is 7.00. The zero-order chi connectivity index (χ0) is 25.9. The third-order valence-corrected chi connectivity index (χ3v) is 7.59. The van der Waals surface area contributed by atoms with Crippen LogP contribution < -0.4 is 14.2 Å². The number of hydrogen-bond donors (Lipinski definition) is 1. The van der Waals surface area contributed by atoms with E-state index in [1.54, 1.807) is 26.0 Å². The normalized spacial score (nSPS) is 14.1. The molecule has 0 atom stereocenters. The molecule has 1 N–H and O–H groups in total. The van der Waals surface area contributed by atoms with Crippen LogP contribution in [-0.4, -0.2) is 50.9 Å². The first-order valence-electron chi connectivity index (χ1n) is 12.3. The van der Waals surface area contributed by atoms with Crippen LogP contribution in [0.2, 0.25) is 0 Å². The third kappa shape index (κ3) is 4.98. The van der Waals surface area contributed by atoms with Crippen molar-refractivity contribution in [3.63, 3.8) is 0 Å². The topological polar surface area (TPSA) is 109 Å². The first kappa shape index (κ1) is 25.0. The van der Waals surface area contributed by atoms with Gasteiger partial charge in [-0.25, -0.2) is 4.79 Å². The summed E-state index contributed by atoms with van der Waals surface area (Å²) in [5.74, 6) is 0.766. The van der Waals surface area contributed by atoms with E-state index < -0.39 is 5.97 Å². The molecule has 2 aromatic carbocycles. The van der Waals surface area contributed by atoms with Gasteiger partial charge in [0.25, 0.3) is 0 Å². The van der Waals surface area contributed by atoms with Crippen molar-refractivity contribution in [2.75, 3.05) is 21.3 Å². The van der Waals surface area contributed by atoms with Gasteiger partial charge in [0.2, 0.25) is 5.75 Å². The van der Waals surface area contributed by atoms with Crippen molar-refractivity contribution in [2.45, 2.75) is 51.0 Å². The monoisotopic (exact) mass is 522 g/mol. The van der Waals surface area contributed by atoms with E-state index in [1.165, 1.54) is 18.1 Å². The van der Waals surface area contributed by atoms with Gasteiger partial charge in [0.15, 0.2) is 11.5 Å². The van der Waals surface area contributed by atoms with E-state index in [0.29, 0.717) is 23.7 Å². The number of fused-ring (bicyclic) bond motifs is 1. The second-order valence-electron chi connectivity index (χ2n) is 9.31. The summed E-state index contributed by atoms with van der Waals surface area (Å²) in [5, 5.41) is 15.3. The average molecular weight is 523 g/mol. The lowest BCUT2D eigenvalue weighted by atomic mass is 9.84. The minimum atomic E-state index is -0.992. The van der Waals surface area contributed by atoms with Gasteiger partial charge in [0, 0.05) is 17.9 Å². The fourth-order valence-corrected chi connectivity index (χ4v) is 5.81. The fourth-order valence-electron chi connectivity index (χ4n) is 5.29. The molecule has 0 unspecified atom stereocenters. The van der Waals surface area contributed by atoms with Crippen LogP contribution >= 0.6 is 11.7 Å². The molecule has 1 aliphatic carbocycles. The van der Waals surface area contributed by atoms with Crippen molar-refractivity contribution in [2.24, 2.45) is 0 Å². The fraction of sp³-hybridized carbons (Fsp3) is 0.407. The Morgan fingerprint density at radius 3 is 2.32 bits per heavy atom. The molecule has 1 fully saturated rings. The molecule has 0 bridgehead atoms. The lowest BCUT2D eigenvalue weighted by Gasteiger charge is -2.21. The molecule has 2 aromatic heterocycles. The van der Waals surface area contributed by atoms with E-state index in [-0.39, 0.29) is 18.2 Å². The number of benzene rings is 2. The van der Waals surface area contributed by atoms with Crippen molar-refractivity contribution < 1.29 is 24.1 Å². The zero-order valence-electron chi connectivity index (χ0n) is 21.2. The van der Waals surface area contributed by atoms with E-state index in [0.717, 1.165) is 59.1 Å². The number of methoxy groups -OCH3 is 3. The molecule has 1 aliphatic rings. The zero-order valence-corrected chi connectivity index (χ0v) is 22.0. The Bertz CT molecular complexity index is 1400.